The summed E-state index contributed by atoms with van der Waals surface area (Å²) >= 11 is 2.95. The van der Waals surface area contributed by atoms with Crippen LogP contribution in [0.3, 0.4) is 0 Å². The molecule has 152 valence electrons. The Labute approximate surface area is 178 Å². The van der Waals surface area contributed by atoms with Crippen LogP contribution < -0.4 is 5.32 Å². The maximum Gasteiger partial charge on any atom is 0.339 e. The van der Waals surface area contributed by atoms with Crippen molar-refractivity contribution in [2.45, 2.75) is 0 Å². The van der Waals surface area contributed by atoms with Gasteiger partial charge in [0.25, 0.3) is 5.91 Å². The third kappa shape index (κ3) is 4.96. The number of carbonyl (C=O) groups excluding carboxylic acids is 3. The molecule has 0 aliphatic carbocycles. The van der Waals surface area contributed by atoms with Gasteiger partial charge >= 0.3 is 5.97 Å². The lowest BCUT2D eigenvalue weighted by Gasteiger charge is -2.11. The van der Waals surface area contributed by atoms with Crippen LogP contribution in [0.2, 0.25) is 0 Å². The molecule has 0 aromatic heterocycles. The molecule has 0 saturated carbocycles. The van der Waals surface area contributed by atoms with Crippen LogP contribution in [0.25, 0.3) is 0 Å². The lowest BCUT2D eigenvalue weighted by atomic mass is 9.98. The molecule has 0 radical (unpaired) electrons. The molecule has 8 heteroatoms. The van der Waals surface area contributed by atoms with E-state index in [4.69, 9.17) is 4.74 Å². The first kappa shape index (κ1) is 21.3. The molecular formula is C22H14BrF2NO4. The van der Waals surface area contributed by atoms with E-state index in [9.17, 15) is 23.2 Å². The number of hydrogen-bond donors (Lipinski definition) is 1. The zero-order chi connectivity index (χ0) is 21.7. The molecule has 0 fully saturated rings. The average Bonchev–Trinajstić information content (AvgIpc) is 2.74. The van der Waals surface area contributed by atoms with Crippen LogP contribution in [0, 0.1) is 11.6 Å². The highest BCUT2D eigenvalue weighted by atomic mass is 79.9. The molecule has 0 unspecified atom stereocenters. The average molecular weight is 474 g/mol. The zero-order valence-electron chi connectivity index (χ0n) is 15.3. The Balaban J connectivity index is 1.70. The standard InChI is InChI=1S/C22H14BrF2NO4/c23-17-10-14(24)11-18(25)20(17)26-19(27)12-30-22(29)16-9-5-4-8-15(16)21(28)13-6-2-1-3-7-13/h1-11H,12H2,(H,26,27). The number of hydrogen-bond acceptors (Lipinski definition) is 4. The molecule has 30 heavy (non-hydrogen) atoms. The molecule has 5 nitrogen and oxygen atoms in total. The van der Waals surface area contributed by atoms with Crippen LogP contribution in [0.5, 0.6) is 0 Å². The summed E-state index contributed by atoms with van der Waals surface area (Å²) in [6.45, 7) is -0.726. The van der Waals surface area contributed by atoms with Crippen molar-refractivity contribution in [3.05, 3.63) is 99.5 Å². The summed E-state index contributed by atoms with van der Waals surface area (Å²) in [6.07, 6.45) is 0. The molecule has 3 rings (SSSR count). The second-order valence-corrected chi connectivity index (χ2v) is 6.96. The number of rotatable bonds is 6. The predicted molar refractivity (Wildman–Crippen MR) is 109 cm³/mol. The topological polar surface area (TPSA) is 72.5 Å². The van der Waals surface area contributed by atoms with E-state index in [0.717, 1.165) is 6.07 Å². The van der Waals surface area contributed by atoms with E-state index in [1.54, 1.807) is 42.5 Å². The van der Waals surface area contributed by atoms with Gasteiger partial charge in [-0.1, -0.05) is 48.5 Å². The fourth-order valence-corrected chi connectivity index (χ4v) is 3.16. The highest BCUT2D eigenvalue weighted by Crippen LogP contribution is 2.26. The molecule has 0 heterocycles. The van der Waals surface area contributed by atoms with Crippen molar-refractivity contribution in [1.82, 2.24) is 0 Å². The maximum absolute atomic E-state index is 13.8. The van der Waals surface area contributed by atoms with Crippen LogP contribution in [0.4, 0.5) is 14.5 Å². The van der Waals surface area contributed by atoms with Crippen LogP contribution in [0.15, 0.2) is 71.2 Å². The van der Waals surface area contributed by atoms with Gasteiger partial charge in [0.15, 0.2) is 18.2 Å². The Bertz CT molecular complexity index is 1100. The molecule has 1 amide bonds. The molecule has 3 aromatic rings. The minimum atomic E-state index is -0.986. The Morgan fingerprint density at radius 1 is 0.900 bits per heavy atom. The van der Waals surface area contributed by atoms with Gasteiger partial charge in [-0.05, 0) is 28.1 Å². The van der Waals surface area contributed by atoms with Crippen molar-refractivity contribution in [3.8, 4) is 0 Å². The lowest BCUT2D eigenvalue weighted by molar-refractivity contribution is -0.119. The molecule has 0 spiro atoms. The van der Waals surface area contributed by atoms with Gasteiger partial charge in [0.1, 0.15) is 5.82 Å². The van der Waals surface area contributed by atoms with Crippen molar-refractivity contribution < 1.29 is 27.9 Å². The summed E-state index contributed by atoms with van der Waals surface area (Å²) in [5, 5.41) is 2.20. The van der Waals surface area contributed by atoms with Crippen molar-refractivity contribution >= 4 is 39.3 Å². The molecular weight excluding hydrogens is 460 g/mol. The van der Waals surface area contributed by atoms with Gasteiger partial charge < -0.3 is 10.1 Å². The number of amides is 1. The Kier molecular flexibility index (Phi) is 6.68. The minimum Gasteiger partial charge on any atom is -0.452 e. The van der Waals surface area contributed by atoms with Crippen LogP contribution in [-0.4, -0.2) is 24.3 Å². The number of carbonyl (C=O) groups is 3. The number of ketones is 1. The Hall–Kier alpha value is -3.39. The first-order valence-electron chi connectivity index (χ1n) is 8.67. The minimum absolute atomic E-state index is 0.00141. The summed E-state index contributed by atoms with van der Waals surface area (Å²) < 4.78 is 31.9. The van der Waals surface area contributed by atoms with Crippen molar-refractivity contribution in [2.24, 2.45) is 0 Å². The van der Waals surface area contributed by atoms with E-state index >= 15 is 0 Å². The highest BCUT2D eigenvalue weighted by Gasteiger charge is 2.20. The number of nitrogens with one attached hydrogen (secondary N) is 1. The van der Waals surface area contributed by atoms with E-state index < -0.39 is 30.1 Å². The zero-order valence-corrected chi connectivity index (χ0v) is 16.9. The van der Waals surface area contributed by atoms with E-state index in [0.29, 0.717) is 11.6 Å². The first-order valence-corrected chi connectivity index (χ1v) is 9.46. The quantitative estimate of drug-likeness (QED) is 0.414. The van der Waals surface area contributed by atoms with Gasteiger partial charge in [-0.3, -0.25) is 9.59 Å². The largest absolute Gasteiger partial charge is 0.452 e. The van der Waals surface area contributed by atoms with Crippen LogP contribution >= 0.6 is 15.9 Å². The van der Waals surface area contributed by atoms with Gasteiger partial charge in [0.05, 0.1) is 11.3 Å². The smallest absolute Gasteiger partial charge is 0.339 e. The number of halogens is 3. The van der Waals surface area contributed by atoms with Gasteiger partial charge in [-0.25, -0.2) is 13.6 Å². The summed E-state index contributed by atoms with van der Waals surface area (Å²) in [5.74, 6) is -3.89. The predicted octanol–water partition coefficient (Wildman–Crippen LogP) is 4.75. The summed E-state index contributed by atoms with van der Waals surface area (Å²) in [5.41, 5.74) is 0.235. The normalized spacial score (nSPS) is 10.4. The van der Waals surface area contributed by atoms with Crippen molar-refractivity contribution in [1.29, 1.82) is 0 Å². The Morgan fingerprint density at radius 3 is 2.20 bits per heavy atom. The van der Waals surface area contributed by atoms with Gasteiger partial charge in [-0.2, -0.15) is 0 Å². The van der Waals surface area contributed by atoms with E-state index in [2.05, 4.69) is 21.2 Å². The van der Waals surface area contributed by atoms with Crippen LogP contribution in [-0.2, 0) is 9.53 Å². The number of benzene rings is 3. The molecule has 3 aromatic carbocycles. The molecule has 0 aliphatic rings. The second kappa shape index (κ2) is 9.41. The third-order valence-corrected chi connectivity index (χ3v) is 4.66. The Morgan fingerprint density at radius 2 is 1.53 bits per heavy atom. The van der Waals surface area contributed by atoms with Crippen molar-refractivity contribution in [3.63, 3.8) is 0 Å². The summed E-state index contributed by atoms with van der Waals surface area (Å²) in [6, 6.07) is 16.0. The van der Waals surface area contributed by atoms with Gasteiger partial charge in [0, 0.05) is 21.7 Å². The summed E-state index contributed by atoms with van der Waals surface area (Å²) in [7, 11) is 0. The van der Waals surface area contributed by atoms with Gasteiger partial charge in [0.2, 0.25) is 0 Å². The summed E-state index contributed by atoms with van der Waals surface area (Å²) in [4.78, 5) is 37.2. The van der Waals surface area contributed by atoms with Crippen LogP contribution in [0.1, 0.15) is 26.3 Å². The molecule has 1 N–H and O–H groups in total. The highest BCUT2D eigenvalue weighted by molar-refractivity contribution is 9.10. The lowest BCUT2D eigenvalue weighted by Crippen LogP contribution is -2.22. The molecule has 0 saturated heterocycles. The van der Waals surface area contributed by atoms with Crippen molar-refractivity contribution in [2.75, 3.05) is 11.9 Å². The molecule has 0 atom stereocenters. The van der Waals surface area contributed by atoms with E-state index in [1.807, 2.05) is 0 Å². The van der Waals surface area contributed by atoms with Gasteiger partial charge in [-0.15, -0.1) is 0 Å². The first-order chi connectivity index (χ1) is 14.4. The monoisotopic (exact) mass is 473 g/mol. The number of ether oxygens (including phenoxy) is 1. The molecule has 0 aliphatic heterocycles. The number of esters is 1. The van der Waals surface area contributed by atoms with E-state index in [-0.39, 0.29) is 27.1 Å². The number of anilines is 1. The second-order valence-electron chi connectivity index (χ2n) is 6.11. The SMILES string of the molecule is O=C(COC(=O)c1ccccc1C(=O)c1ccccc1)Nc1c(F)cc(F)cc1Br. The fourth-order valence-electron chi connectivity index (χ4n) is 2.65. The molecule has 0 bridgehead atoms. The van der Waals surface area contributed by atoms with E-state index in [1.165, 1.54) is 12.1 Å². The fraction of sp³-hybridized carbons (Fsp3) is 0.0455. The third-order valence-electron chi connectivity index (χ3n) is 4.03. The maximum atomic E-state index is 13.8.